The Labute approximate surface area is 195 Å². The maximum Gasteiger partial charge on any atom is 0.251 e. The molecule has 0 radical (unpaired) electrons. The van der Waals surface area contributed by atoms with Crippen LogP contribution in [0.25, 0.3) is 11.2 Å². The van der Waals surface area contributed by atoms with Crippen molar-refractivity contribution in [2.45, 2.75) is 37.3 Å². The first-order valence-electron chi connectivity index (χ1n) is 10.2. The van der Waals surface area contributed by atoms with E-state index in [2.05, 4.69) is 10.3 Å². The topological polar surface area (TPSA) is 59.8 Å². The van der Waals surface area contributed by atoms with Gasteiger partial charge in [-0.2, -0.15) is 0 Å². The number of hydrogen-bond acceptors (Lipinski definition) is 4. The third-order valence-corrected chi connectivity index (χ3v) is 6.25. The molecule has 8 heteroatoms. The van der Waals surface area contributed by atoms with Gasteiger partial charge in [0.15, 0.2) is 10.8 Å². The summed E-state index contributed by atoms with van der Waals surface area (Å²) >= 11 is 7.79. The Morgan fingerprint density at radius 2 is 1.94 bits per heavy atom. The largest absolute Gasteiger partial charge is 0.350 e. The molecule has 5 nitrogen and oxygen atoms in total. The Kier molecular flexibility index (Phi) is 6.77. The van der Waals surface area contributed by atoms with Gasteiger partial charge < -0.3 is 5.32 Å². The van der Waals surface area contributed by atoms with Gasteiger partial charge in [-0.15, -0.1) is 0 Å². The van der Waals surface area contributed by atoms with Crippen LogP contribution in [0.2, 0.25) is 5.02 Å². The van der Waals surface area contributed by atoms with Gasteiger partial charge >= 0.3 is 0 Å². The van der Waals surface area contributed by atoms with E-state index in [0.29, 0.717) is 27.5 Å². The highest BCUT2D eigenvalue weighted by atomic mass is 35.5. The number of thioether (sulfide) groups is 1. The summed E-state index contributed by atoms with van der Waals surface area (Å²) in [6.07, 6.45) is 1.69. The summed E-state index contributed by atoms with van der Waals surface area (Å²) in [6.45, 7) is 4.09. The van der Waals surface area contributed by atoms with Crippen molar-refractivity contribution in [2.75, 3.05) is 0 Å². The number of amides is 1. The molecule has 32 heavy (non-hydrogen) atoms. The molecule has 1 N–H and O–H groups in total. The Hall–Kier alpha value is -2.90. The van der Waals surface area contributed by atoms with Crippen LogP contribution in [-0.4, -0.2) is 26.5 Å². The molecule has 0 bridgehead atoms. The summed E-state index contributed by atoms with van der Waals surface area (Å²) in [5.41, 5.74) is 3.49. The number of fused-ring (bicyclic) bond motifs is 1. The predicted molar refractivity (Wildman–Crippen MR) is 127 cm³/mol. The van der Waals surface area contributed by atoms with Crippen LogP contribution in [-0.2, 0) is 12.3 Å². The zero-order valence-electron chi connectivity index (χ0n) is 17.7. The Balaban J connectivity index is 1.57. The average Bonchev–Trinajstić information content (AvgIpc) is 3.12. The van der Waals surface area contributed by atoms with Crippen molar-refractivity contribution < 1.29 is 9.18 Å². The smallest absolute Gasteiger partial charge is 0.251 e. The maximum atomic E-state index is 14.4. The van der Waals surface area contributed by atoms with Gasteiger partial charge in [-0.05, 0) is 55.8 Å². The van der Waals surface area contributed by atoms with Crippen LogP contribution in [0, 0.1) is 5.82 Å². The highest BCUT2D eigenvalue weighted by molar-refractivity contribution is 7.98. The highest BCUT2D eigenvalue weighted by Gasteiger charge is 2.16. The number of imidazole rings is 1. The first-order chi connectivity index (χ1) is 15.4. The van der Waals surface area contributed by atoms with Gasteiger partial charge in [-0.1, -0.05) is 41.6 Å². The Morgan fingerprint density at radius 3 is 2.66 bits per heavy atom. The van der Waals surface area contributed by atoms with E-state index in [9.17, 15) is 9.18 Å². The zero-order chi connectivity index (χ0) is 22.7. The first-order valence-corrected chi connectivity index (χ1v) is 11.6. The first kappa shape index (κ1) is 22.3. The lowest BCUT2D eigenvalue weighted by Gasteiger charge is -2.11. The van der Waals surface area contributed by atoms with Gasteiger partial charge in [-0.25, -0.2) is 14.4 Å². The van der Waals surface area contributed by atoms with E-state index >= 15 is 0 Å². The molecule has 0 aliphatic rings. The van der Waals surface area contributed by atoms with Crippen LogP contribution in [0.3, 0.4) is 0 Å². The highest BCUT2D eigenvalue weighted by Crippen LogP contribution is 2.29. The van der Waals surface area contributed by atoms with Crippen molar-refractivity contribution in [1.29, 1.82) is 0 Å². The molecular weight excluding hydrogens is 447 g/mol. The van der Waals surface area contributed by atoms with Crippen LogP contribution >= 0.6 is 23.4 Å². The number of hydrogen-bond donors (Lipinski definition) is 1. The number of aromatic nitrogens is 3. The van der Waals surface area contributed by atoms with Crippen molar-refractivity contribution in [3.63, 3.8) is 0 Å². The zero-order valence-corrected chi connectivity index (χ0v) is 19.3. The molecule has 164 valence electrons. The molecule has 2 heterocycles. The standard InChI is InChI=1S/C24H22ClFN4OS/c1-15(2)28-23(31)17-10-8-16(9-11-17)14-32-24-29-21-7-4-12-27-22(21)30(24)13-18-19(25)5-3-6-20(18)26/h3-12,15H,13-14H2,1-2H3,(H,28,31). The predicted octanol–water partition coefficient (Wildman–Crippen LogP) is 5.70. The summed E-state index contributed by atoms with van der Waals surface area (Å²) in [7, 11) is 0. The van der Waals surface area contributed by atoms with Gasteiger partial charge in [0.25, 0.3) is 5.91 Å². The van der Waals surface area contributed by atoms with Gasteiger partial charge in [0.2, 0.25) is 0 Å². The minimum Gasteiger partial charge on any atom is -0.350 e. The van der Waals surface area contributed by atoms with E-state index in [1.54, 1.807) is 18.3 Å². The average molecular weight is 469 g/mol. The molecule has 4 aromatic rings. The van der Waals surface area contributed by atoms with Crippen LogP contribution in [0.1, 0.15) is 35.3 Å². The summed E-state index contributed by atoms with van der Waals surface area (Å²) in [5.74, 6) is 0.191. The Bertz CT molecular complexity index is 1240. The summed E-state index contributed by atoms with van der Waals surface area (Å²) in [4.78, 5) is 21.3. The number of carbonyl (C=O) groups is 1. The van der Waals surface area contributed by atoms with E-state index in [0.717, 1.165) is 16.2 Å². The fourth-order valence-corrected chi connectivity index (χ4v) is 4.46. The third-order valence-electron chi connectivity index (χ3n) is 4.85. The number of nitrogens with one attached hydrogen (secondary N) is 1. The number of carbonyl (C=O) groups excluding carboxylic acids is 1. The minimum absolute atomic E-state index is 0.0855. The quantitative estimate of drug-likeness (QED) is 0.353. The molecular formula is C24H22ClFN4OS. The van der Waals surface area contributed by atoms with Crippen molar-refractivity contribution in [3.8, 4) is 0 Å². The van der Waals surface area contributed by atoms with E-state index in [-0.39, 0.29) is 24.3 Å². The van der Waals surface area contributed by atoms with Crippen molar-refractivity contribution in [2.24, 2.45) is 0 Å². The minimum atomic E-state index is -0.360. The van der Waals surface area contributed by atoms with E-state index in [1.165, 1.54) is 17.8 Å². The second-order valence-corrected chi connectivity index (χ2v) is 8.99. The normalized spacial score (nSPS) is 11.3. The molecule has 0 saturated heterocycles. The number of nitrogens with zero attached hydrogens (tertiary/aromatic N) is 3. The summed E-state index contributed by atoms with van der Waals surface area (Å²) in [6, 6.07) is 16.0. The van der Waals surface area contributed by atoms with Gasteiger partial charge in [-0.3, -0.25) is 9.36 Å². The molecule has 0 spiro atoms. The Morgan fingerprint density at radius 1 is 1.16 bits per heavy atom. The molecule has 2 aromatic carbocycles. The van der Waals surface area contributed by atoms with Crippen LogP contribution in [0.4, 0.5) is 4.39 Å². The number of pyridine rings is 1. The maximum absolute atomic E-state index is 14.4. The summed E-state index contributed by atoms with van der Waals surface area (Å²) in [5, 5.41) is 3.98. The lowest BCUT2D eigenvalue weighted by molar-refractivity contribution is 0.0943. The molecule has 1 amide bonds. The van der Waals surface area contributed by atoms with Gasteiger partial charge in [0.05, 0.1) is 6.54 Å². The number of halogens is 2. The number of benzene rings is 2. The fraction of sp³-hybridized carbons (Fsp3) is 0.208. The monoisotopic (exact) mass is 468 g/mol. The van der Waals surface area contributed by atoms with Crippen LogP contribution < -0.4 is 5.32 Å². The molecule has 2 aromatic heterocycles. The van der Waals surface area contributed by atoms with E-state index < -0.39 is 0 Å². The molecule has 0 aliphatic heterocycles. The van der Waals surface area contributed by atoms with Crippen LogP contribution in [0.15, 0.2) is 66.0 Å². The van der Waals surface area contributed by atoms with Gasteiger partial charge in [0, 0.05) is 34.1 Å². The molecule has 0 unspecified atom stereocenters. The van der Waals surface area contributed by atoms with Crippen LogP contribution in [0.5, 0.6) is 0 Å². The van der Waals surface area contributed by atoms with Crippen molar-refractivity contribution in [3.05, 3.63) is 88.3 Å². The lowest BCUT2D eigenvalue weighted by atomic mass is 10.1. The second kappa shape index (κ2) is 9.71. The van der Waals surface area contributed by atoms with Gasteiger partial charge in [0.1, 0.15) is 11.3 Å². The molecule has 0 saturated carbocycles. The van der Waals surface area contributed by atoms with E-state index in [1.807, 2.05) is 54.8 Å². The third kappa shape index (κ3) is 4.95. The van der Waals surface area contributed by atoms with E-state index in [4.69, 9.17) is 16.6 Å². The SMILES string of the molecule is CC(C)NC(=O)c1ccc(CSc2nc3cccnc3n2Cc2c(F)cccc2Cl)cc1. The lowest BCUT2D eigenvalue weighted by Crippen LogP contribution is -2.29. The van der Waals surface area contributed by atoms with Crippen molar-refractivity contribution in [1.82, 2.24) is 19.9 Å². The fourth-order valence-electron chi connectivity index (χ4n) is 3.28. The number of rotatable bonds is 7. The summed E-state index contributed by atoms with van der Waals surface area (Å²) < 4.78 is 16.3. The molecule has 4 rings (SSSR count). The molecule has 0 atom stereocenters. The second-order valence-electron chi connectivity index (χ2n) is 7.64. The van der Waals surface area contributed by atoms with Crippen molar-refractivity contribution >= 4 is 40.4 Å². The molecule has 0 fully saturated rings. The molecule has 0 aliphatic carbocycles.